The van der Waals surface area contributed by atoms with E-state index in [1.165, 1.54) is 10.9 Å². The number of fused-ring (bicyclic) bond motifs is 1. The number of hydrogen-bond donors (Lipinski definition) is 0. The average molecular weight is 401 g/mol. The number of aromatic nitrogens is 1. The Morgan fingerprint density at radius 2 is 1.76 bits per heavy atom. The van der Waals surface area contributed by atoms with Gasteiger partial charge in [0.05, 0.1) is 19.7 Å². The molecular weight excluding hydrogens is 380 g/mol. The van der Waals surface area contributed by atoms with Gasteiger partial charge in [0.15, 0.2) is 0 Å². The standard InChI is InChI=1S/C20H21BrN2O2/c1-23(13-15-4-6-17(24-2)11-20(15)25-3)12-14-8-9-22-19-7-5-16(21)10-18(14)19/h4-11H,12-13H2,1-3H3. The van der Waals surface area contributed by atoms with Crippen LogP contribution in [0.4, 0.5) is 0 Å². The number of nitrogens with zero attached hydrogens (tertiary/aromatic N) is 2. The van der Waals surface area contributed by atoms with Crippen LogP contribution in [-0.4, -0.2) is 31.2 Å². The first kappa shape index (κ1) is 17.7. The van der Waals surface area contributed by atoms with Crippen molar-refractivity contribution in [3.8, 4) is 11.5 Å². The lowest BCUT2D eigenvalue weighted by atomic mass is 10.1. The van der Waals surface area contributed by atoms with E-state index in [0.29, 0.717) is 0 Å². The molecule has 0 unspecified atom stereocenters. The quantitative estimate of drug-likeness (QED) is 0.603. The molecular formula is C20H21BrN2O2. The Balaban J connectivity index is 1.81. The highest BCUT2D eigenvalue weighted by atomic mass is 79.9. The fraction of sp³-hybridized carbons (Fsp3) is 0.250. The smallest absolute Gasteiger partial charge is 0.127 e. The van der Waals surface area contributed by atoms with Gasteiger partial charge in [-0.3, -0.25) is 9.88 Å². The number of hydrogen-bond acceptors (Lipinski definition) is 4. The molecule has 1 heterocycles. The SMILES string of the molecule is COc1ccc(CN(C)Cc2ccnc3ccc(Br)cc23)c(OC)c1. The monoisotopic (exact) mass is 400 g/mol. The predicted molar refractivity (Wildman–Crippen MR) is 104 cm³/mol. The zero-order valence-corrected chi connectivity index (χ0v) is 16.2. The Labute approximate surface area is 156 Å². The second-order valence-electron chi connectivity index (χ2n) is 5.98. The van der Waals surface area contributed by atoms with Crippen molar-refractivity contribution in [2.24, 2.45) is 0 Å². The number of ether oxygens (including phenoxy) is 2. The first-order valence-corrected chi connectivity index (χ1v) is 8.82. The molecule has 0 amide bonds. The van der Waals surface area contributed by atoms with Crippen molar-refractivity contribution in [3.63, 3.8) is 0 Å². The Bertz CT molecular complexity index is 883. The van der Waals surface area contributed by atoms with E-state index in [2.05, 4.69) is 51.1 Å². The van der Waals surface area contributed by atoms with Crippen LogP contribution in [0.3, 0.4) is 0 Å². The molecule has 25 heavy (non-hydrogen) atoms. The van der Waals surface area contributed by atoms with Gasteiger partial charge in [0, 0.05) is 40.8 Å². The molecule has 130 valence electrons. The first-order valence-electron chi connectivity index (χ1n) is 8.03. The number of halogens is 1. The zero-order valence-electron chi connectivity index (χ0n) is 14.6. The molecule has 0 bridgehead atoms. The van der Waals surface area contributed by atoms with E-state index in [9.17, 15) is 0 Å². The van der Waals surface area contributed by atoms with Crippen LogP contribution in [0.25, 0.3) is 10.9 Å². The van der Waals surface area contributed by atoms with Crippen molar-refractivity contribution in [3.05, 3.63) is 64.3 Å². The second-order valence-corrected chi connectivity index (χ2v) is 6.90. The van der Waals surface area contributed by atoms with Gasteiger partial charge in [-0.2, -0.15) is 0 Å². The summed E-state index contributed by atoms with van der Waals surface area (Å²) in [6.07, 6.45) is 1.87. The van der Waals surface area contributed by atoms with Crippen LogP contribution in [-0.2, 0) is 13.1 Å². The normalized spacial score (nSPS) is 11.1. The fourth-order valence-corrected chi connectivity index (χ4v) is 3.29. The van der Waals surface area contributed by atoms with E-state index in [4.69, 9.17) is 9.47 Å². The van der Waals surface area contributed by atoms with E-state index < -0.39 is 0 Å². The van der Waals surface area contributed by atoms with Gasteiger partial charge in [0.25, 0.3) is 0 Å². The summed E-state index contributed by atoms with van der Waals surface area (Å²) in [6, 6.07) is 14.2. The minimum atomic E-state index is 0.783. The topological polar surface area (TPSA) is 34.6 Å². The molecule has 0 spiro atoms. The maximum absolute atomic E-state index is 5.50. The van der Waals surface area contributed by atoms with E-state index in [0.717, 1.165) is 40.1 Å². The van der Waals surface area contributed by atoms with Gasteiger partial charge in [-0.05, 0) is 42.9 Å². The Morgan fingerprint density at radius 3 is 2.52 bits per heavy atom. The highest BCUT2D eigenvalue weighted by Gasteiger charge is 2.10. The van der Waals surface area contributed by atoms with E-state index in [1.54, 1.807) is 14.2 Å². The van der Waals surface area contributed by atoms with E-state index in [-0.39, 0.29) is 0 Å². The third-order valence-electron chi connectivity index (χ3n) is 4.17. The molecule has 0 N–H and O–H groups in total. The molecule has 2 aromatic carbocycles. The van der Waals surface area contributed by atoms with Crippen LogP contribution in [0.2, 0.25) is 0 Å². The Kier molecular flexibility index (Phi) is 5.56. The van der Waals surface area contributed by atoms with Gasteiger partial charge in [0.2, 0.25) is 0 Å². The maximum atomic E-state index is 5.50. The van der Waals surface area contributed by atoms with Gasteiger partial charge in [-0.1, -0.05) is 22.0 Å². The average Bonchev–Trinajstić information content (AvgIpc) is 2.62. The van der Waals surface area contributed by atoms with Gasteiger partial charge in [-0.15, -0.1) is 0 Å². The molecule has 0 radical (unpaired) electrons. The van der Waals surface area contributed by atoms with Crippen molar-refractivity contribution in [2.75, 3.05) is 21.3 Å². The molecule has 5 heteroatoms. The second kappa shape index (κ2) is 7.85. The zero-order chi connectivity index (χ0) is 17.8. The summed E-state index contributed by atoms with van der Waals surface area (Å²) in [6.45, 7) is 1.61. The Hall–Kier alpha value is -2.11. The van der Waals surface area contributed by atoms with Gasteiger partial charge >= 0.3 is 0 Å². The van der Waals surface area contributed by atoms with E-state index in [1.807, 2.05) is 30.5 Å². The summed E-state index contributed by atoms with van der Waals surface area (Å²) >= 11 is 3.55. The largest absolute Gasteiger partial charge is 0.497 e. The van der Waals surface area contributed by atoms with Crippen molar-refractivity contribution in [1.29, 1.82) is 0 Å². The molecule has 4 nitrogen and oxygen atoms in total. The van der Waals surface area contributed by atoms with Gasteiger partial charge < -0.3 is 9.47 Å². The third kappa shape index (κ3) is 4.11. The maximum Gasteiger partial charge on any atom is 0.127 e. The summed E-state index contributed by atoms with van der Waals surface area (Å²) in [5.74, 6) is 1.64. The molecule has 3 aromatic rings. The highest BCUT2D eigenvalue weighted by molar-refractivity contribution is 9.10. The van der Waals surface area contributed by atoms with Crippen LogP contribution in [0, 0.1) is 0 Å². The minimum Gasteiger partial charge on any atom is -0.497 e. The lowest BCUT2D eigenvalue weighted by molar-refractivity contribution is 0.310. The van der Waals surface area contributed by atoms with Crippen LogP contribution in [0.5, 0.6) is 11.5 Å². The van der Waals surface area contributed by atoms with Crippen molar-refractivity contribution in [2.45, 2.75) is 13.1 Å². The lowest BCUT2D eigenvalue weighted by Crippen LogP contribution is -2.18. The summed E-state index contributed by atoms with van der Waals surface area (Å²) < 4.78 is 11.8. The van der Waals surface area contributed by atoms with E-state index >= 15 is 0 Å². The fourth-order valence-electron chi connectivity index (χ4n) is 2.93. The van der Waals surface area contributed by atoms with Crippen molar-refractivity contribution in [1.82, 2.24) is 9.88 Å². The minimum absolute atomic E-state index is 0.783. The molecule has 0 aliphatic heterocycles. The third-order valence-corrected chi connectivity index (χ3v) is 4.66. The van der Waals surface area contributed by atoms with Crippen LogP contribution in [0.1, 0.15) is 11.1 Å². The molecule has 1 aromatic heterocycles. The number of rotatable bonds is 6. The summed E-state index contributed by atoms with van der Waals surface area (Å²) in [4.78, 5) is 6.71. The number of benzene rings is 2. The van der Waals surface area contributed by atoms with Gasteiger partial charge in [0.1, 0.15) is 11.5 Å². The number of pyridine rings is 1. The predicted octanol–water partition coefficient (Wildman–Crippen LogP) is 4.65. The first-order chi connectivity index (χ1) is 12.1. The summed E-state index contributed by atoms with van der Waals surface area (Å²) in [5, 5.41) is 1.17. The van der Waals surface area contributed by atoms with Crippen LogP contribution < -0.4 is 9.47 Å². The molecule has 0 aliphatic carbocycles. The van der Waals surface area contributed by atoms with Crippen LogP contribution in [0.15, 0.2) is 53.1 Å². The highest BCUT2D eigenvalue weighted by Crippen LogP contribution is 2.27. The molecule has 0 saturated carbocycles. The number of methoxy groups -OCH3 is 2. The molecule has 3 rings (SSSR count). The lowest BCUT2D eigenvalue weighted by Gasteiger charge is -2.20. The summed E-state index contributed by atoms with van der Waals surface area (Å²) in [7, 11) is 5.45. The molecule has 0 aliphatic rings. The molecule has 0 atom stereocenters. The van der Waals surface area contributed by atoms with Gasteiger partial charge in [-0.25, -0.2) is 0 Å². The molecule has 0 fully saturated rings. The van der Waals surface area contributed by atoms with Crippen molar-refractivity contribution >= 4 is 26.8 Å². The van der Waals surface area contributed by atoms with Crippen LogP contribution >= 0.6 is 15.9 Å². The van der Waals surface area contributed by atoms with Crippen molar-refractivity contribution < 1.29 is 9.47 Å². The Morgan fingerprint density at radius 1 is 0.960 bits per heavy atom. The molecule has 0 saturated heterocycles. The summed E-state index contributed by atoms with van der Waals surface area (Å²) in [5.41, 5.74) is 3.39.